The Hall–Kier alpha value is -2.45. The summed E-state index contributed by atoms with van der Waals surface area (Å²) >= 11 is 7.51. The van der Waals surface area contributed by atoms with Crippen LogP contribution in [0.25, 0.3) is 0 Å². The molecule has 9 heteroatoms. The Morgan fingerprint density at radius 1 is 1.38 bits per heavy atom. The Bertz CT molecular complexity index is 1060. The lowest BCUT2D eigenvalue weighted by Crippen LogP contribution is -2.28. The van der Waals surface area contributed by atoms with Crippen molar-refractivity contribution in [2.45, 2.75) is 64.6 Å². The van der Waals surface area contributed by atoms with Gasteiger partial charge in [-0.1, -0.05) is 29.7 Å². The Morgan fingerprint density at radius 3 is 2.91 bits per heavy atom. The predicted molar refractivity (Wildman–Crippen MR) is 122 cm³/mol. The van der Waals surface area contributed by atoms with E-state index >= 15 is 0 Å². The van der Waals surface area contributed by atoms with E-state index in [-0.39, 0.29) is 28.8 Å². The van der Waals surface area contributed by atoms with E-state index in [9.17, 15) is 14.0 Å². The van der Waals surface area contributed by atoms with Crippen LogP contribution in [-0.4, -0.2) is 29.8 Å². The number of esters is 1. The number of amides is 1. The zero-order chi connectivity index (χ0) is 22.8. The van der Waals surface area contributed by atoms with E-state index in [4.69, 9.17) is 21.2 Å². The molecule has 0 radical (unpaired) electrons. The lowest BCUT2D eigenvalue weighted by Gasteiger charge is -2.15. The lowest BCUT2D eigenvalue weighted by molar-refractivity contribution is -0.125. The van der Waals surface area contributed by atoms with Crippen LogP contribution in [0.3, 0.4) is 0 Å². The number of fused-ring (bicyclic) bond motifs is 1. The van der Waals surface area contributed by atoms with Crippen LogP contribution in [0.1, 0.15) is 65.9 Å². The quantitative estimate of drug-likeness (QED) is 0.555. The summed E-state index contributed by atoms with van der Waals surface area (Å²) in [6.45, 7) is 3.79. The topological polar surface area (TPSA) is 77.0 Å². The summed E-state index contributed by atoms with van der Waals surface area (Å²) in [5, 5.41) is 7.40. The average molecular weight is 479 g/mol. The molecule has 6 nitrogen and oxygen atoms in total. The normalized spacial score (nSPS) is 18.4. The number of nitrogens with one attached hydrogen (secondary N) is 1. The smallest absolute Gasteiger partial charge is 0.341 e. The van der Waals surface area contributed by atoms with Gasteiger partial charge in [0.2, 0.25) is 6.10 Å². The van der Waals surface area contributed by atoms with Crippen molar-refractivity contribution in [1.29, 1.82) is 0 Å². The molecule has 0 bridgehead atoms. The number of rotatable bonds is 6. The van der Waals surface area contributed by atoms with Crippen LogP contribution in [-0.2, 0) is 27.2 Å². The zero-order valence-electron chi connectivity index (χ0n) is 17.9. The second-order valence-corrected chi connectivity index (χ2v) is 9.47. The van der Waals surface area contributed by atoms with E-state index < -0.39 is 23.8 Å². The molecule has 1 amide bonds. The van der Waals surface area contributed by atoms with E-state index in [0.717, 1.165) is 36.1 Å². The fraction of sp³-hybridized carbons (Fsp3) is 0.435. The lowest BCUT2D eigenvalue weighted by atomic mass is 9.95. The monoisotopic (exact) mass is 478 g/mol. The maximum atomic E-state index is 14.2. The number of hydrogen-bond donors (Lipinski definition) is 1. The molecule has 0 spiro atoms. The Morgan fingerprint density at radius 2 is 2.16 bits per heavy atom. The number of anilines is 1. The van der Waals surface area contributed by atoms with Crippen molar-refractivity contribution in [3.8, 4) is 0 Å². The highest BCUT2D eigenvalue weighted by Crippen LogP contribution is 2.39. The van der Waals surface area contributed by atoms with E-state index in [2.05, 4.69) is 10.5 Å². The molecular formula is C23H24ClFN2O4S. The third-order valence-electron chi connectivity index (χ3n) is 5.71. The highest BCUT2D eigenvalue weighted by atomic mass is 35.5. The molecule has 1 aromatic carbocycles. The third-order valence-corrected chi connectivity index (χ3v) is 7.23. The average Bonchev–Trinajstić information content (AvgIpc) is 3.38. The van der Waals surface area contributed by atoms with Gasteiger partial charge in [0, 0.05) is 11.3 Å². The SMILES string of the molecule is CCC(C)OC(=O)c1c(NC(=O)C2CC(c3c(F)cccc3Cl)=NO2)sc2c1CCCC2. The highest BCUT2D eigenvalue weighted by molar-refractivity contribution is 7.17. The summed E-state index contributed by atoms with van der Waals surface area (Å²) < 4.78 is 19.8. The van der Waals surface area contributed by atoms with E-state index in [1.165, 1.54) is 23.5 Å². The van der Waals surface area contributed by atoms with Crippen molar-refractivity contribution in [2.24, 2.45) is 5.16 Å². The molecule has 1 aliphatic heterocycles. The molecule has 2 unspecified atom stereocenters. The number of carbonyl (C=O) groups excluding carboxylic acids is 2. The van der Waals surface area contributed by atoms with E-state index in [0.29, 0.717) is 17.0 Å². The number of aryl methyl sites for hydroxylation is 1. The Labute approximate surface area is 194 Å². The van der Waals surface area contributed by atoms with Gasteiger partial charge in [-0.15, -0.1) is 11.3 Å². The first kappa shape index (κ1) is 22.7. The molecule has 2 atom stereocenters. The van der Waals surface area contributed by atoms with Crippen LogP contribution in [0.5, 0.6) is 0 Å². The molecule has 0 saturated heterocycles. The van der Waals surface area contributed by atoms with Crippen LogP contribution in [0.15, 0.2) is 23.4 Å². The summed E-state index contributed by atoms with van der Waals surface area (Å²) in [4.78, 5) is 32.2. The van der Waals surface area contributed by atoms with E-state index in [1.807, 2.05) is 13.8 Å². The van der Waals surface area contributed by atoms with E-state index in [1.54, 1.807) is 6.07 Å². The number of hydrogen-bond acceptors (Lipinski definition) is 6. The molecule has 32 heavy (non-hydrogen) atoms. The largest absolute Gasteiger partial charge is 0.459 e. The van der Waals surface area contributed by atoms with Crippen molar-refractivity contribution in [3.63, 3.8) is 0 Å². The fourth-order valence-electron chi connectivity index (χ4n) is 3.83. The van der Waals surface area contributed by atoms with Gasteiger partial charge in [0.15, 0.2) is 0 Å². The summed E-state index contributed by atoms with van der Waals surface area (Å²) in [5.41, 5.74) is 1.81. The first-order valence-electron chi connectivity index (χ1n) is 10.7. The van der Waals surface area contributed by atoms with Gasteiger partial charge in [0.05, 0.1) is 28.0 Å². The molecule has 4 rings (SSSR count). The van der Waals surface area contributed by atoms with Gasteiger partial charge in [-0.05, 0) is 56.7 Å². The van der Waals surface area contributed by atoms with Crippen LogP contribution < -0.4 is 5.32 Å². The number of carbonyl (C=O) groups is 2. The minimum Gasteiger partial charge on any atom is -0.459 e. The molecule has 2 aliphatic rings. The summed E-state index contributed by atoms with van der Waals surface area (Å²) in [7, 11) is 0. The first-order valence-corrected chi connectivity index (χ1v) is 11.9. The number of ether oxygens (including phenoxy) is 1. The van der Waals surface area contributed by atoms with Gasteiger partial charge in [0.1, 0.15) is 10.8 Å². The van der Waals surface area contributed by atoms with Gasteiger partial charge in [-0.2, -0.15) is 0 Å². The number of thiophene rings is 1. The molecule has 1 aromatic heterocycles. The molecular weight excluding hydrogens is 455 g/mol. The number of halogens is 2. The van der Waals surface area contributed by atoms with Crippen LogP contribution in [0.4, 0.5) is 9.39 Å². The standard InChI is InChI=1S/C23H24ClFN2O4S/c1-3-12(2)30-23(29)19-13-7-4-5-10-18(13)32-22(19)26-21(28)17-11-16(27-31-17)20-14(24)8-6-9-15(20)25/h6,8-9,12,17H,3-5,7,10-11H2,1-2H3,(H,26,28). The molecule has 2 heterocycles. The Kier molecular flexibility index (Phi) is 6.81. The minimum atomic E-state index is -0.946. The molecule has 2 aromatic rings. The fourth-order valence-corrected chi connectivity index (χ4v) is 5.38. The third kappa shape index (κ3) is 4.52. The zero-order valence-corrected chi connectivity index (χ0v) is 19.4. The van der Waals surface area contributed by atoms with Crippen LogP contribution in [0, 0.1) is 5.82 Å². The Balaban J connectivity index is 1.53. The second kappa shape index (κ2) is 9.58. The highest BCUT2D eigenvalue weighted by Gasteiger charge is 2.34. The van der Waals surface area contributed by atoms with Crippen molar-refractivity contribution in [1.82, 2.24) is 0 Å². The first-order chi connectivity index (χ1) is 15.4. The van der Waals surface area contributed by atoms with Crippen molar-refractivity contribution in [2.75, 3.05) is 5.32 Å². The van der Waals surface area contributed by atoms with Gasteiger partial charge >= 0.3 is 5.97 Å². The summed E-state index contributed by atoms with van der Waals surface area (Å²) in [5.74, 6) is -1.40. The van der Waals surface area contributed by atoms with Gasteiger partial charge in [-0.25, -0.2) is 9.18 Å². The van der Waals surface area contributed by atoms with Gasteiger partial charge < -0.3 is 14.9 Å². The predicted octanol–water partition coefficient (Wildman–Crippen LogP) is 5.51. The molecule has 0 fully saturated rings. The van der Waals surface area contributed by atoms with Crippen molar-refractivity contribution < 1.29 is 23.6 Å². The summed E-state index contributed by atoms with van der Waals surface area (Å²) in [6.07, 6.45) is 3.31. The second-order valence-electron chi connectivity index (χ2n) is 7.96. The van der Waals surface area contributed by atoms with Crippen LogP contribution in [0.2, 0.25) is 5.02 Å². The van der Waals surface area contributed by atoms with Crippen LogP contribution >= 0.6 is 22.9 Å². The van der Waals surface area contributed by atoms with Crippen molar-refractivity contribution in [3.05, 3.63) is 50.6 Å². The van der Waals surface area contributed by atoms with Crippen molar-refractivity contribution >= 4 is 45.5 Å². The molecule has 170 valence electrons. The molecule has 0 saturated carbocycles. The molecule has 1 aliphatic carbocycles. The summed E-state index contributed by atoms with van der Waals surface area (Å²) in [6, 6.07) is 4.34. The minimum absolute atomic E-state index is 0.0736. The van der Waals surface area contributed by atoms with Gasteiger partial charge in [0.25, 0.3) is 5.91 Å². The van der Waals surface area contributed by atoms with Gasteiger partial charge in [-0.3, -0.25) is 4.79 Å². The molecule has 1 N–H and O–H groups in total. The maximum Gasteiger partial charge on any atom is 0.341 e. The number of nitrogens with zero attached hydrogens (tertiary/aromatic N) is 1. The number of oxime groups is 1. The number of benzene rings is 1. The maximum absolute atomic E-state index is 14.2.